The molecule has 1 atom stereocenters. The van der Waals surface area contributed by atoms with Gasteiger partial charge in [0.05, 0.1) is 0 Å². The number of oxazole rings is 1. The van der Waals surface area contributed by atoms with Crippen LogP contribution in [0, 0.1) is 6.92 Å². The molecule has 0 saturated carbocycles. The highest BCUT2D eigenvalue weighted by molar-refractivity contribution is 5.80. The molecule has 2 N–H and O–H groups in total. The summed E-state index contributed by atoms with van der Waals surface area (Å²) in [7, 11) is 0. The van der Waals surface area contributed by atoms with E-state index in [2.05, 4.69) is 25.6 Å². The van der Waals surface area contributed by atoms with Crippen molar-refractivity contribution in [1.29, 1.82) is 0 Å². The molecule has 1 fully saturated rings. The second-order valence-corrected chi connectivity index (χ2v) is 3.94. The minimum absolute atomic E-state index is 0.412. The third-order valence-electron chi connectivity index (χ3n) is 2.70. The molecule has 1 aliphatic heterocycles. The Morgan fingerprint density at radius 3 is 3.25 bits per heavy atom. The van der Waals surface area contributed by atoms with Gasteiger partial charge < -0.3 is 15.1 Å². The Labute approximate surface area is 92.5 Å². The Morgan fingerprint density at radius 1 is 1.50 bits per heavy atom. The zero-order valence-electron chi connectivity index (χ0n) is 9.03. The molecular formula is C10H13N5O. The third-order valence-corrected chi connectivity index (χ3v) is 2.70. The second-order valence-electron chi connectivity index (χ2n) is 3.94. The first-order valence-corrected chi connectivity index (χ1v) is 5.38. The van der Waals surface area contributed by atoms with Gasteiger partial charge in [0.15, 0.2) is 17.2 Å². The Balaban J connectivity index is 1.95. The fraction of sp³-hybridized carbons (Fsp3) is 0.500. The molecule has 0 radical (unpaired) electrons. The van der Waals surface area contributed by atoms with E-state index >= 15 is 0 Å². The molecule has 0 aromatic carbocycles. The summed E-state index contributed by atoms with van der Waals surface area (Å²) in [6.45, 7) is 3.81. The van der Waals surface area contributed by atoms with Gasteiger partial charge in [0.1, 0.15) is 6.33 Å². The van der Waals surface area contributed by atoms with Crippen LogP contribution in [0.1, 0.15) is 12.3 Å². The normalized spacial score (nSPS) is 20.4. The standard InChI is InChI=1S/C10H13N5O/c1-6-14-8-9(12-5-13-10(8)16-6)15-7-2-3-11-4-7/h5,7,11H,2-4H2,1H3,(H,12,13,15). The Morgan fingerprint density at radius 2 is 2.44 bits per heavy atom. The summed E-state index contributed by atoms with van der Waals surface area (Å²) in [6, 6.07) is 0.412. The average Bonchev–Trinajstić information content (AvgIpc) is 2.86. The number of fused-ring (bicyclic) bond motifs is 1. The fourth-order valence-corrected chi connectivity index (χ4v) is 1.94. The van der Waals surface area contributed by atoms with Crippen LogP contribution in [0.15, 0.2) is 10.7 Å². The number of rotatable bonds is 2. The summed E-state index contributed by atoms with van der Waals surface area (Å²) in [6.07, 6.45) is 2.60. The van der Waals surface area contributed by atoms with E-state index in [-0.39, 0.29) is 0 Å². The lowest BCUT2D eigenvalue weighted by Crippen LogP contribution is -2.22. The first-order chi connectivity index (χ1) is 7.83. The largest absolute Gasteiger partial charge is 0.422 e. The lowest BCUT2D eigenvalue weighted by atomic mass is 10.2. The number of nitrogens with one attached hydrogen (secondary N) is 2. The Bertz CT molecular complexity index is 503. The fourth-order valence-electron chi connectivity index (χ4n) is 1.94. The third kappa shape index (κ3) is 1.61. The summed E-state index contributed by atoms with van der Waals surface area (Å²) in [4.78, 5) is 12.5. The molecule has 0 aliphatic carbocycles. The first kappa shape index (κ1) is 9.53. The van der Waals surface area contributed by atoms with Crippen LogP contribution in [0.2, 0.25) is 0 Å². The minimum Gasteiger partial charge on any atom is -0.422 e. The van der Waals surface area contributed by atoms with Crippen molar-refractivity contribution in [1.82, 2.24) is 20.3 Å². The number of hydrogen-bond donors (Lipinski definition) is 2. The number of hydrogen-bond acceptors (Lipinski definition) is 6. The van der Waals surface area contributed by atoms with Gasteiger partial charge in [-0.2, -0.15) is 4.98 Å². The van der Waals surface area contributed by atoms with Crippen LogP contribution in [0.4, 0.5) is 5.82 Å². The van der Waals surface area contributed by atoms with Crippen LogP contribution in [0.25, 0.3) is 11.2 Å². The maximum atomic E-state index is 5.36. The summed E-state index contributed by atoms with van der Waals surface area (Å²) >= 11 is 0. The summed E-state index contributed by atoms with van der Waals surface area (Å²) in [5.74, 6) is 1.37. The predicted molar refractivity (Wildman–Crippen MR) is 59.2 cm³/mol. The van der Waals surface area contributed by atoms with E-state index in [9.17, 15) is 0 Å². The van der Waals surface area contributed by atoms with Crippen molar-refractivity contribution in [3.8, 4) is 0 Å². The number of aromatic nitrogens is 3. The van der Waals surface area contributed by atoms with Crippen LogP contribution in [0.3, 0.4) is 0 Å². The molecule has 16 heavy (non-hydrogen) atoms. The van der Waals surface area contributed by atoms with Crippen LogP contribution in [-0.2, 0) is 0 Å². The lowest BCUT2D eigenvalue weighted by molar-refractivity contribution is 0.551. The van der Waals surface area contributed by atoms with Crippen molar-refractivity contribution in [3.63, 3.8) is 0 Å². The van der Waals surface area contributed by atoms with Crippen LogP contribution in [0.5, 0.6) is 0 Å². The van der Waals surface area contributed by atoms with Gasteiger partial charge >= 0.3 is 0 Å². The SMILES string of the molecule is Cc1nc2c(NC3CCNC3)ncnc2o1. The van der Waals surface area contributed by atoms with E-state index in [1.807, 2.05) is 6.92 Å². The first-order valence-electron chi connectivity index (χ1n) is 5.38. The number of anilines is 1. The van der Waals surface area contributed by atoms with Crippen molar-refractivity contribution in [2.24, 2.45) is 0 Å². The van der Waals surface area contributed by atoms with Crippen LogP contribution in [-0.4, -0.2) is 34.1 Å². The van der Waals surface area contributed by atoms with Gasteiger partial charge in [-0.1, -0.05) is 0 Å². The van der Waals surface area contributed by atoms with Crippen molar-refractivity contribution >= 4 is 17.0 Å². The molecule has 0 amide bonds. The average molecular weight is 219 g/mol. The molecule has 2 aromatic rings. The van der Waals surface area contributed by atoms with E-state index < -0.39 is 0 Å². The zero-order chi connectivity index (χ0) is 11.0. The molecule has 6 nitrogen and oxygen atoms in total. The molecule has 3 rings (SSSR count). The monoisotopic (exact) mass is 219 g/mol. The molecule has 0 spiro atoms. The lowest BCUT2D eigenvalue weighted by Gasteiger charge is -2.10. The Hall–Kier alpha value is -1.69. The van der Waals surface area contributed by atoms with Crippen molar-refractivity contribution in [3.05, 3.63) is 12.2 Å². The number of aryl methyl sites for hydroxylation is 1. The van der Waals surface area contributed by atoms with Gasteiger partial charge in [0.25, 0.3) is 5.71 Å². The molecular weight excluding hydrogens is 206 g/mol. The summed E-state index contributed by atoms with van der Waals surface area (Å²) in [5.41, 5.74) is 1.26. The summed E-state index contributed by atoms with van der Waals surface area (Å²) in [5, 5.41) is 6.66. The summed E-state index contributed by atoms with van der Waals surface area (Å²) < 4.78 is 5.36. The predicted octanol–water partition coefficient (Wildman–Crippen LogP) is 0.700. The number of nitrogens with zero attached hydrogens (tertiary/aromatic N) is 3. The molecule has 3 heterocycles. The van der Waals surface area contributed by atoms with E-state index in [1.165, 1.54) is 6.33 Å². The van der Waals surface area contributed by atoms with Gasteiger partial charge in [-0.25, -0.2) is 9.97 Å². The van der Waals surface area contributed by atoms with Crippen LogP contribution >= 0.6 is 0 Å². The Kier molecular flexibility index (Phi) is 2.21. The molecule has 0 bridgehead atoms. The van der Waals surface area contributed by atoms with Crippen molar-refractivity contribution < 1.29 is 4.42 Å². The van der Waals surface area contributed by atoms with E-state index in [4.69, 9.17) is 4.42 Å². The van der Waals surface area contributed by atoms with Gasteiger partial charge in [-0.15, -0.1) is 0 Å². The van der Waals surface area contributed by atoms with E-state index in [0.717, 1.165) is 25.3 Å². The topological polar surface area (TPSA) is 75.9 Å². The van der Waals surface area contributed by atoms with Crippen LogP contribution < -0.4 is 10.6 Å². The maximum absolute atomic E-state index is 5.36. The van der Waals surface area contributed by atoms with E-state index in [1.54, 1.807) is 0 Å². The highest BCUT2D eigenvalue weighted by Crippen LogP contribution is 2.20. The molecule has 1 unspecified atom stereocenters. The molecule has 1 aliphatic rings. The zero-order valence-corrected chi connectivity index (χ0v) is 9.03. The van der Waals surface area contributed by atoms with Crippen molar-refractivity contribution in [2.75, 3.05) is 18.4 Å². The van der Waals surface area contributed by atoms with Gasteiger partial charge in [0, 0.05) is 19.5 Å². The maximum Gasteiger partial charge on any atom is 0.252 e. The van der Waals surface area contributed by atoms with Gasteiger partial charge in [-0.05, 0) is 13.0 Å². The molecule has 2 aromatic heterocycles. The van der Waals surface area contributed by atoms with Crippen molar-refractivity contribution in [2.45, 2.75) is 19.4 Å². The molecule has 84 valence electrons. The minimum atomic E-state index is 0.412. The highest BCUT2D eigenvalue weighted by Gasteiger charge is 2.17. The highest BCUT2D eigenvalue weighted by atomic mass is 16.4. The van der Waals surface area contributed by atoms with Gasteiger partial charge in [-0.3, -0.25) is 0 Å². The van der Waals surface area contributed by atoms with E-state index in [0.29, 0.717) is 23.2 Å². The second kappa shape index (κ2) is 3.71. The van der Waals surface area contributed by atoms with Gasteiger partial charge in [0.2, 0.25) is 0 Å². The molecule has 1 saturated heterocycles. The quantitative estimate of drug-likeness (QED) is 0.774. The smallest absolute Gasteiger partial charge is 0.252 e. The molecule has 6 heteroatoms.